The van der Waals surface area contributed by atoms with Crippen molar-refractivity contribution in [3.8, 4) is 0 Å². The Kier molecular flexibility index (Phi) is 64.3. The third-order valence-electron chi connectivity index (χ3n) is 14.1. The van der Waals surface area contributed by atoms with Crippen LogP contribution in [0.5, 0.6) is 0 Å². The predicted molar refractivity (Wildman–Crippen MR) is 353 cm³/mol. The van der Waals surface area contributed by atoms with Gasteiger partial charge in [0.2, 0.25) is 0 Å². The molecule has 0 heterocycles. The molecule has 460 valence electrons. The van der Waals surface area contributed by atoms with Gasteiger partial charge in [0.15, 0.2) is 6.10 Å². The lowest BCUT2D eigenvalue weighted by Gasteiger charge is -2.18. The van der Waals surface area contributed by atoms with Crippen LogP contribution in [0.4, 0.5) is 0 Å². The van der Waals surface area contributed by atoms with Crippen molar-refractivity contribution < 1.29 is 28.6 Å². The molecule has 0 aliphatic carbocycles. The SMILES string of the molecule is CC/C=C\C/C=C\C/C=C\C/C=C\C/C=C\C/C=C\C/C=C\C/C=C\C/C=C\CCCCCCCC(=O)OCC(COC(=O)CCCCCCC/C=C\CCCCCCCC)OC(=O)CCCCCCC/C=C\CCCCCCCC. The van der Waals surface area contributed by atoms with Crippen LogP contribution in [-0.4, -0.2) is 37.2 Å². The fraction of sp³-hybridized carbons (Fsp3) is 0.667. The molecule has 81 heavy (non-hydrogen) atoms. The number of hydrogen-bond donors (Lipinski definition) is 0. The molecule has 0 aromatic rings. The molecule has 0 aliphatic rings. The van der Waals surface area contributed by atoms with E-state index in [9.17, 15) is 14.4 Å². The fourth-order valence-corrected chi connectivity index (χ4v) is 9.07. The van der Waals surface area contributed by atoms with E-state index < -0.39 is 6.10 Å². The standard InChI is InChI=1S/C75H124O6/c1-4-7-10-13-16-19-22-25-28-29-30-31-32-33-34-35-36-37-38-39-40-41-42-43-44-45-48-50-53-56-59-62-65-68-74(77)80-71-72(81-75(78)69-66-63-60-57-54-51-47-27-24-21-18-15-12-9-6-3)70-79-73(76)67-64-61-58-55-52-49-46-26-23-20-17-14-11-8-5-2/h7,10,16,19,25-28,30-31,33-34,36-37,39-40,42-43,45-48,72H,4-6,8-9,11-15,17-18,20-24,29,32,35,38,41,44,49-71H2,1-3H3/b10-7-,19-16-,28-25-,31-30-,34-33-,37-36-,40-39-,43-42-,46-26-,47-27-,48-45-. The van der Waals surface area contributed by atoms with Crippen molar-refractivity contribution >= 4 is 17.9 Å². The quantitative estimate of drug-likeness (QED) is 0.0261. The summed E-state index contributed by atoms with van der Waals surface area (Å²) in [7, 11) is 0. The van der Waals surface area contributed by atoms with E-state index in [0.29, 0.717) is 19.3 Å². The number of carbonyl (C=O) groups excluding carboxylic acids is 3. The first-order valence-corrected chi connectivity index (χ1v) is 33.7. The van der Waals surface area contributed by atoms with Gasteiger partial charge in [0.05, 0.1) is 0 Å². The normalized spacial score (nSPS) is 13.0. The van der Waals surface area contributed by atoms with Crippen molar-refractivity contribution in [2.45, 2.75) is 309 Å². The highest BCUT2D eigenvalue weighted by molar-refractivity contribution is 5.71. The van der Waals surface area contributed by atoms with Crippen LogP contribution in [-0.2, 0) is 28.6 Å². The lowest BCUT2D eigenvalue weighted by Crippen LogP contribution is -2.30. The summed E-state index contributed by atoms with van der Waals surface area (Å²) in [6.45, 7) is 6.50. The van der Waals surface area contributed by atoms with Crippen LogP contribution in [0, 0.1) is 0 Å². The van der Waals surface area contributed by atoms with Gasteiger partial charge >= 0.3 is 17.9 Å². The summed E-state index contributed by atoms with van der Waals surface area (Å²) in [5.74, 6) is -0.925. The maximum absolute atomic E-state index is 12.9. The van der Waals surface area contributed by atoms with Gasteiger partial charge in [-0.15, -0.1) is 0 Å². The van der Waals surface area contributed by atoms with Crippen LogP contribution in [0.25, 0.3) is 0 Å². The summed E-state index contributed by atoms with van der Waals surface area (Å²) >= 11 is 0. The van der Waals surface area contributed by atoms with Crippen LogP contribution < -0.4 is 0 Å². The van der Waals surface area contributed by atoms with Crippen LogP contribution in [0.3, 0.4) is 0 Å². The monoisotopic (exact) mass is 1120 g/mol. The van der Waals surface area contributed by atoms with Crippen LogP contribution in [0.15, 0.2) is 134 Å². The molecule has 0 aromatic heterocycles. The zero-order valence-corrected chi connectivity index (χ0v) is 52.8. The summed E-state index contributed by atoms with van der Waals surface area (Å²) in [5.41, 5.74) is 0. The highest BCUT2D eigenvalue weighted by Crippen LogP contribution is 2.15. The first-order valence-electron chi connectivity index (χ1n) is 33.7. The Bertz CT molecular complexity index is 1720. The molecule has 0 radical (unpaired) electrons. The second kappa shape index (κ2) is 68.1. The van der Waals surface area contributed by atoms with Crippen LogP contribution in [0.2, 0.25) is 0 Å². The van der Waals surface area contributed by atoms with E-state index in [1.54, 1.807) is 0 Å². The number of hydrogen-bond acceptors (Lipinski definition) is 6. The Hall–Kier alpha value is -4.45. The minimum absolute atomic E-state index is 0.0936. The van der Waals surface area contributed by atoms with Gasteiger partial charge in [-0.25, -0.2) is 0 Å². The predicted octanol–water partition coefficient (Wildman–Crippen LogP) is 23.3. The minimum Gasteiger partial charge on any atom is -0.462 e. The molecule has 0 saturated heterocycles. The summed E-state index contributed by atoms with van der Waals surface area (Å²) in [6.07, 6.45) is 96.0. The topological polar surface area (TPSA) is 78.9 Å². The molecule has 6 nitrogen and oxygen atoms in total. The molecule has 0 N–H and O–H groups in total. The average Bonchev–Trinajstić information content (AvgIpc) is 3.47. The van der Waals surface area contributed by atoms with Crippen molar-refractivity contribution in [2.24, 2.45) is 0 Å². The molecule has 0 aromatic carbocycles. The average molecular weight is 1120 g/mol. The molecule has 0 aliphatic heterocycles. The Balaban J connectivity index is 4.35. The maximum Gasteiger partial charge on any atom is 0.306 e. The summed E-state index contributed by atoms with van der Waals surface area (Å²) in [6, 6.07) is 0. The molecule has 0 amide bonds. The zero-order chi connectivity index (χ0) is 58.5. The second-order valence-electron chi connectivity index (χ2n) is 22.0. The van der Waals surface area contributed by atoms with E-state index in [2.05, 4.69) is 154 Å². The number of allylic oxidation sites excluding steroid dienone is 22. The molecule has 1 unspecified atom stereocenters. The minimum atomic E-state index is -0.798. The Morgan fingerprint density at radius 1 is 0.259 bits per heavy atom. The van der Waals surface area contributed by atoms with E-state index in [1.807, 2.05) is 0 Å². The van der Waals surface area contributed by atoms with Crippen LogP contribution >= 0.6 is 0 Å². The van der Waals surface area contributed by atoms with Gasteiger partial charge in [-0.3, -0.25) is 14.4 Å². The highest BCUT2D eigenvalue weighted by atomic mass is 16.6. The number of esters is 3. The van der Waals surface area contributed by atoms with Gasteiger partial charge < -0.3 is 14.2 Å². The number of rotatable bonds is 60. The molecule has 6 heteroatoms. The van der Waals surface area contributed by atoms with Crippen molar-refractivity contribution in [1.82, 2.24) is 0 Å². The van der Waals surface area contributed by atoms with Crippen LogP contribution in [0.1, 0.15) is 303 Å². The first-order chi connectivity index (χ1) is 40.0. The second-order valence-corrected chi connectivity index (χ2v) is 22.0. The van der Waals surface area contributed by atoms with E-state index in [-0.39, 0.29) is 31.1 Å². The fourth-order valence-electron chi connectivity index (χ4n) is 9.07. The number of carbonyl (C=O) groups is 3. The Labute approximate surface area is 500 Å². The van der Waals surface area contributed by atoms with Gasteiger partial charge in [0.25, 0.3) is 0 Å². The zero-order valence-electron chi connectivity index (χ0n) is 52.8. The summed E-state index contributed by atoms with van der Waals surface area (Å²) < 4.78 is 16.9. The van der Waals surface area contributed by atoms with E-state index in [0.717, 1.165) is 154 Å². The maximum atomic E-state index is 12.9. The largest absolute Gasteiger partial charge is 0.462 e. The van der Waals surface area contributed by atoms with Gasteiger partial charge in [-0.1, -0.05) is 276 Å². The molecular weight excluding hydrogens is 997 g/mol. The molecule has 0 bridgehead atoms. The van der Waals surface area contributed by atoms with Gasteiger partial charge in [-0.05, 0) is 141 Å². The van der Waals surface area contributed by atoms with Crippen molar-refractivity contribution in [3.63, 3.8) is 0 Å². The van der Waals surface area contributed by atoms with Gasteiger partial charge in [0, 0.05) is 19.3 Å². The Morgan fingerprint density at radius 2 is 0.481 bits per heavy atom. The molecule has 0 spiro atoms. The van der Waals surface area contributed by atoms with E-state index in [1.165, 1.54) is 109 Å². The van der Waals surface area contributed by atoms with Crippen molar-refractivity contribution in [1.29, 1.82) is 0 Å². The molecule has 0 saturated carbocycles. The third kappa shape index (κ3) is 66.2. The summed E-state index contributed by atoms with van der Waals surface area (Å²) in [5, 5.41) is 0. The number of unbranched alkanes of at least 4 members (excludes halogenated alkanes) is 27. The lowest BCUT2D eigenvalue weighted by molar-refractivity contribution is -0.167. The molecule has 1 atom stereocenters. The van der Waals surface area contributed by atoms with Gasteiger partial charge in [0.1, 0.15) is 13.2 Å². The van der Waals surface area contributed by atoms with Gasteiger partial charge in [-0.2, -0.15) is 0 Å². The lowest BCUT2D eigenvalue weighted by atomic mass is 10.1. The van der Waals surface area contributed by atoms with Crippen molar-refractivity contribution in [3.05, 3.63) is 134 Å². The molecular formula is C75H124O6. The summed E-state index contributed by atoms with van der Waals surface area (Å²) in [4.78, 5) is 38.3. The molecule has 0 fully saturated rings. The third-order valence-corrected chi connectivity index (χ3v) is 14.1. The smallest absolute Gasteiger partial charge is 0.306 e. The highest BCUT2D eigenvalue weighted by Gasteiger charge is 2.19. The Morgan fingerprint density at radius 3 is 0.765 bits per heavy atom. The number of ether oxygens (including phenoxy) is 3. The molecule has 0 rings (SSSR count). The van der Waals surface area contributed by atoms with E-state index in [4.69, 9.17) is 14.2 Å². The van der Waals surface area contributed by atoms with Crippen molar-refractivity contribution in [2.75, 3.05) is 13.2 Å². The first kappa shape index (κ1) is 76.5. The van der Waals surface area contributed by atoms with E-state index >= 15 is 0 Å².